The van der Waals surface area contributed by atoms with Gasteiger partial charge in [0.15, 0.2) is 0 Å². The maximum Gasteiger partial charge on any atom is 0.136 e. The molecule has 11 aromatic rings. The molecule has 2 nitrogen and oxygen atoms in total. The quantitative estimate of drug-likeness (QED) is 0.160. The van der Waals surface area contributed by atoms with E-state index in [1.54, 1.807) is 0 Å². The first-order chi connectivity index (χ1) is 30.3. The molecule has 1 aliphatic carbocycles. The number of hydrogen-bond donors (Lipinski definition) is 0. The summed E-state index contributed by atoms with van der Waals surface area (Å²) in [4.78, 5) is 2.37. The van der Waals surface area contributed by atoms with Crippen LogP contribution in [0.25, 0.3) is 66.1 Å². The number of rotatable bonds is 7. The Morgan fingerprint density at radius 1 is 0.295 bits per heavy atom. The Labute approximate surface area is 355 Å². The second kappa shape index (κ2) is 14.1. The number of nitrogens with zero attached hydrogens (tertiary/aromatic N) is 1. The van der Waals surface area contributed by atoms with Crippen LogP contribution in [-0.4, -0.2) is 0 Å². The van der Waals surface area contributed by atoms with Crippen LogP contribution in [0.4, 0.5) is 17.1 Å². The van der Waals surface area contributed by atoms with Crippen molar-refractivity contribution in [1.29, 1.82) is 0 Å². The van der Waals surface area contributed by atoms with Gasteiger partial charge in [0.05, 0.1) is 5.41 Å². The SMILES string of the molecule is c1ccc(-c2ccc(N(c3ccc(-c4cccc5c4ccc4oc6ccccc6c45)cc3)c3ccc(C4(c5ccccc5)c5ccccc5-c5ccccc54)cc3)cc2)cc1. The molecule has 1 aromatic heterocycles. The van der Waals surface area contributed by atoms with Crippen LogP contribution >= 0.6 is 0 Å². The van der Waals surface area contributed by atoms with Crippen molar-refractivity contribution in [2.24, 2.45) is 0 Å². The van der Waals surface area contributed by atoms with E-state index in [1.165, 1.54) is 71.8 Å². The van der Waals surface area contributed by atoms with Crippen molar-refractivity contribution in [1.82, 2.24) is 0 Å². The molecule has 0 fully saturated rings. The molecule has 10 aromatic carbocycles. The topological polar surface area (TPSA) is 16.4 Å². The van der Waals surface area contributed by atoms with Gasteiger partial charge in [-0.1, -0.05) is 188 Å². The highest BCUT2D eigenvalue weighted by molar-refractivity contribution is 6.21. The number of fused-ring (bicyclic) bond motifs is 8. The molecular weight excluding hydrogens is 739 g/mol. The predicted octanol–water partition coefficient (Wildman–Crippen LogP) is 15.9. The lowest BCUT2D eigenvalue weighted by atomic mass is 9.68. The fraction of sp³-hybridized carbons (Fsp3) is 0.0169. The van der Waals surface area contributed by atoms with Gasteiger partial charge in [0, 0.05) is 27.8 Å². The first kappa shape index (κ1) is 35.0. The molecule has 286 valence electrons. The van der Waals surface area contributed by atoms with Crippen LogP contribution in [0.3, 0.4) is 0 Å². The third-order valence-corrected chi connectivity index (χ3v) is 12.8. The first-order valence-corrected chi connectivity index (χ1v) is 21.0. The maximum absolute atomic E-state index is 6.25. The molecule has 0 bridgehead atoms. The van der Waals surface area contributed by atoms with Crippen molar-refractivity contribution in [2.45, 2.75) is 5.41 Å². The van der Waals surface area contributed by atoms with E-state index in [-0.39, 0.29) is 0 Å². The number of hydrogen-bond acceptors (Lipinski definition) is 2. The molecule has 0 amide bonds. The van der Waals surface area contributed by atoms with Gasteiger partial charge in [-0.3, -0.25) is 0 Å². The van der Waals surface area contributed by atoms with E-state index in [1.807, 2.05) is 12.1 Å². The van der Waals surface area contributed by atoms with Crippen molar-refractivity contribution >= 4 is 49.8 Å². The summed E-state index contributed by atoms with van der Waals surface area (Å²) in [5.74, 6) is 0. The van der Waals surface area contributed by atoms with Gasteiger partial charge in [-0.15, -0.1) is 0 Å². The van der Waals surface area contributed by atoms with Crippen molar-refractivity contribution < 1.29 is 4.42 Å². The van der Waals surface area contributed by atoms with Crippen LogP contribution in [0.15, 0.2) is 241 Å². The molecular formula is C59H39NO. The lowest BCUT2D eigenvalue weighted by Gasteiger charge is -2.34. The number of furan rings is 1. The van der Waals surface area contributed by atoms with Gasteiger partial charge in [0.25, 0.3) is 0 Å². The van der Waals surface area contributed by atoms with Crippen LogP contribution in [0.5, 0.6) is 0 Å². The van der Waals surface area contributed by atoms with Gasteiger partial charge in [0.2, 0.25) is 0 Å². The minimum atomic E-state index is -0.455. The Morgan fingerprint density at radius 2 is 0.787 bits per heavy atom. The highest BCUT2D eigenvalue weighted by Gasteiger charge is 2.45. The highest BCUT2D eigenvalue weighted by atomic mass is 16.3. The second-order valence-electron chi connectivity index (χ2n) is 16.0. The van der Waals surface area contributed by atoms with Crippen LogP contribution in [0.1, 0.15) is 22.3 Å². The largest absolute Gasteiger partial charge is 0.456 e. The van der Waals surface area contributed by atoms with Crippen molar-refractivity contribution in [2.75, 3.05) is 4.90 Å². The van der Waals surface area contributed by atoms with E-state index in [0.717, 1.165) is 33.6 Å². The highest BCUT2D eigenvalue weighted by Crippen LogP contribution is 2.56. The molecule has 0 aliphatic heterocycles. The van der Waals surface area contributed by atoms with Crippen LogP contribution in [0.2, 0.25) is 0 Å². The zero-order valence-corrected chi connectivity index (χ0v) is 33.4. The molecule has 0 radical (unpaired) electrons. The first-order valence-electron chi connectivity index (χ1n) is 21.0. The molecule has 61 heavy (non-hydrogen) atoms. The van der Waals surface area contributed by atoms with Crippen molar-refractivity contribution in [3.8, 4) is 33.4 Å². The van der Waals surface area contributed by atoms with Crippen molar-refractivity contribution in [3.63, 3.8) is 0 Å². The van der Waals surface area contributed by atoms with Gasteiger partial charge in [0.1, 0.15) is 11.2 Å². The van der Waals surface area contributed by atoms with Gasteiger partial charge in [-0.05, 0) is 115 Å². The van der Waals surface area contributed by atoms with Crippen LogP contribution < -0.4 is 4.90 Å². The molecule has 0 saturated heterocycles. The number of anilines is 3. The molecule has 1 aliphatic rings. The molecule has 0 spiro atoms. The van der Waals surface area contributed by atoms with Gasteiger partial charge in [-0.2, -0.15) is 0 Å². The molecule has 2 heteroatoms. The average molecular weight is 778 g/mol. The third-order valence-electron chi connectivity index (χ3n) is 12.8. The Morgan fingerprint density at radius 3 is 1.46 bits per heavy atom. The zero-order valence-electron chi connectivity index (χ0n) is 33.4. The van der Waals surface area contributed by atoms with E-state index in [2.05, 4.69) is 229 Å². The van der Waals surface area contributed by atoms with Gasteiger partial charge >= 0.3 is 0 Å². The van der Waals surface area contributed by atoms with E-state index >= 15 is 0 Å². The minimum Gasteiger partial charge on any atom is -0.456 e. The summed E-state index contributed by atoms with van der Waals surface area (Å²) in [5.41, 5.74) is 17.1. The second-order valence-corrected chi connectivity index (χ2v) is 16.0. The molecule has 0 N–H and O–H groups in total. The van der Waals surface area contributed by atoms with E-state index in [0.29, 0.717) is 0 Å². The average Bonchev–Trinajstić information content (AvgIpc) is 3.87. The summed E-state index contributed by atoms with van der Waals surface area (Å²) in [7, 11) is 0. The molecule has 0 unspecified atom stereocenters. The van der Waals surface area contributed by atoms with Crippen LogP contribution in [-0.2, 0) is 5.41 Å². The maximum atomic E-state index is 6.25. The Kier molecular flexibility index (Phi) is 8.11. The monoisotopic (exact) mass is 777 g/mol. The molecule has 0 atom stereocenters. The van der Waals surface area contributed by atoms with E-state index in [4.69, 9.17) is 4.42 Å². The molecule has 0 saturated carbocycles. The predicted molar refractivity (Wildman–Crippen MR) is 254 cm³/mol. The number of benzene rings is 10. The standard InChI is InChI=1S/C59H39NO/c1-3-14-40(15-4-1)41-26-32-45(33-27-41)60(46-34-28-42(29-35-46)48-21-13-22-52-49(48)38-39-57-58(52)53-20-9-12-25-56(53)61-57)47-36-30-44(31-37-47)59(43-16-5-2-6-17-43)54-23-10-7-18-50(54)51-19-8-11-24-55(51)59/h1-39H. The van der Waals surface area contributed by atoms with Crippen LogP contribution in [0, 0.1) is 0 Å². The summed E-state index contributed by atoms with van der Waals surface area (Å²) in [6.45, 7) is 0. The lowest BCUT2D eigenvalue weighted by Crippen LogP contribution is -2.28. The smallest absolute Gasteiger partial charge is 0.136 e. The summed E-state index contributed by atoms with van der Waals surface area (Å²) in [6.07, 6.45) is 0. The third kappa shape index (κ3) is 5.50. The lowest BCUT2D eigenvalue weighted by molar-refractivity contribution is 0.669. The summed E-state index contributed by atoms with van der Waals surface area (Å²) >= 11 is 0. The number of para-hydroxylation sites is 1. The van der Waals surface area contributed by atoms with Gasteiger partial charge < -0.3 is 9.32 Å². The normalized spacial score (nSPS) is 12.7. The fourth-order valence-electron chi connectivity index (χ4n) is 10.1. The Hall–Kier alpha value is -7.94. The zero-order chi connectivity index (χ0) is 40.3. The fourth-order valence-corrected chi connectivity index (χ4v) is 10.1. The molecule has 12 rings (SSSR count). The van der Waals surface area contributed by atoms with E-state index in [9.17, 15) is 0 Å². The summed E-state index contributed by atoms with van der Waals surface area (Å²) < 4.78 is 6.25. The minimum absolute atomic E-state index is 0.455. The van der Waals surface area contributed by atoms with E-state index < -0.39 is 5.41 Å². The van der Waals surface area contributed by atoms with Gasteiger partial charge in [-0.25, -0.2) is 0 Å². The Bertz CT molecular complexity index is 3340. The summed E-state index contributed by atoms with van der Waals surface area (Å²) in [6, 6.07) is 86.0. The summed E-state index contributed by atoms with van der Waals surface area (Å²) in [5, 5.41) is 4.72. The Balaban J connectivity index is 0.987. The van der Waals surface area contributed by atoms with Crippen molar-refractivity contribution in [3.05, 3.63) is 259 Å². The molecule has 1 heterocycles.